The highest BCUT2D eigenvalue weighted by Crippen LogP contribution is 2.26. The molecule has 0 fully saturated rings. The number of nitrogens with zero attached hydrogens (tertiary/aromatic N) is 1. The topological polar surface area (TPSA) is 135 Å². The second-order valence-electron chi connectivity index (χ2n) is 4.31. The Morgan fingerprint density at radius 1 is 0.957 bits per heavy atom. The van der Waals surface area contributed by atoms with Gasteiger partial charge in [0.1, 0.15) is 0 Å². The van der Waals surface area contributed by atoms with E-state index in [0.717, 1.165) is 18.2 Å². The molecule has 0 radical (unpaired) electrons. The minimum absolute atomic E-state index is 0.0867. The fourth-order valence-corrected chi connectivity index (χ4v) is 3.22. The molecule has 0 aliphatic rings. The van der Waals surface area contributed by atoms with Gasteiger partial charge in [-0.05, 0) is 18.2 Å². The van der Waals surface area contributed by atoms with Crippen LogP contribution in [0.2, 0.25) is 0 Å². The van der Waals surface area contributed by atoms with E-state index in [-0.39, 0.29) is 15.4 Å². The largest absolute Gasteiger partial charge is 0.478 e. The molecule has 2 rings (SSSR count). The van der Waals surface area contributed by atoms with Crippen molar-refractivity contribution in [3.8, 4) is 0 Å². The van der Waals surface area contributed by atoms with Gasteiger partial charge in [-0.3, -0.25) is 10.1 Å². The van der Waals surface area contributed by atoms with Crippen molar-refractivity contribution in [3.05, 3.63) is 63.7 Å². The van der Waals surface area contributed by atoms with Gasteiger partial charge in [0.2, 0.25) is 0 Å². The van der Waals surface area contributed by atoms with Crippen LogP contribution >= 0.6 is 0 Å². The molecule has 1 unspecified atom stereocenters. The summed E-state index contributed by atoms with van der Waals surface area (Å²) in [5.74, 6) is -2.81. The van der Waals surface area contributed by atoms with Crippen molar-refractivity contribution >= 4 is 28.4 Å². The molecular formula is C14H9NO7S. The number of carbonyl (C=O) groups is 2. The van der Waals surface area contributed by atoms with E-state index in [1.165, 1.54) is 24.3 Å². The van der Waals surface area contributed by atoms with Crippen molar-refractivity contribution in [1.29, 1.82) is 0 Å². The summed E-state index contributed by atoms with van der Waals surface area (Å²) in [4.78, 5) is 32.1. The maximum atomic E-state index is 12.6. The summed E-state index contributed by atoms with van der Waals surface area (Å²) in [6.45, 7) is 0. The molecule has 8 nitrogen and oxygen atoms in total. The predicted octanol–water partition coefficient (Wildman–Crippen LogP) is 2.16. The summed E-state index contributed by atoms with van der Waals surface area (Å²) in [6.07, 6.45) is 0. The van der Waals surface area contributed by atoms with Gasteiger partial charge in [0, 0.05) is 12.1 Å². The predicted molar refractivity (Wildman–Crippen MR) is 78.1 cm³/mol. The van der Waals surface area contributed by atoms with Gasteiger partial charge in [-0.25, -0.2) is 13.8 Å². The number of rotatable bonds is 5. The van der Waals surface area contributed by atoms with Crippen molar-refractivity contribution in [3.63, 3.8) is 0 Å². The molecule has 2 aromatic carbocycles. The second-order valence-corrected chi connectivity index (χ2v) is 5.73. The Bertz CT molecular complexity index is 847. The van der Waals surface area contributed by atoms with E-state index in [0.29, 0.717) is 0 Å². The number of nitro benzene ring substituents is 1. The van der Waals surface area contributed by atoms with Crippen LogP contribution in [0.3, 0.4) is 0 Å². The zero-order valence-electron chi connectivity index (χ0n) is 11.3. The zero-order chi connectivity index (χ0) is 17.1. The molecule has 9 heteroatoms. The van der Waals surface area contributed by atoms with Gasteiger partial charge in [0.15, 0.2) is 0 Å². The fraction of sp³-hybridized carbons (Fsp3) is 0. The third-order valence-corrected chi connectivity index (χ3v) is 4.43. The molecular weight excluding hydrogens is 326 g/mol. The number of hydrogen-bond acceptors (Lipinski definition) is 5. The molecule has 0 bridgehead atoms. The highest BCUT2D eigenvalue weighted by molar-refractivity contribution is 7.85. The molecule has 118 valence electrons. The minimum atomic E-state index is -2.12. The normalized spacial score (nSPS) is 11.7. The van der Waals surface area contributed by atoms with Crippen molar-refractivity contribution in [2.24, 2.45) is 0 Å². The number of nitro groups is 1. The molecule has 0 saturated carbocycles. The van der Waals surface area contributed by atoms with Crippen LogP contribution in [0.15, 0.2) is 52.3 Å². The maximum Gasteiger partial charge on any atom is 0.337 e. The lowest BCUT2D eigenvalue weighted by Gasteiger charge is -2.08. The monoisotopic (exact) mass is 335 g/mol. The maximum absolute atomic E-state index is 12.6. The van der Waals surface area contributed by atoms with Crippen LogP contribution in [0.25, 0.3) is 0 Å². The van der Waals surface area contributed by atoms with Gasteiger partial charge in [-0.15, -0.1) is 0 Å². The molecule has 0 aromatic heterocycles. The van der Waals surface area contributed by atoms with Gasteiger partial charge in [0.05, 0.1) is 36.6 Å². The molecule has 2 N–H and O–H groups in total. The van der Waals surface area contributed by atoms with E-state index < -0.39 is 38.9 Å². The molecule has 0 spiro atoms. The lowest BCUT2D eigenvalue weighted by Crippen LogP contribution is -2.09. The standard InChI is InChI=1S/C14H9NO7S/c16-13(17)9-3-1-2-4-11(9)23(22)12-6-5-8(15(20)21)7-10(12)14(18)19/h1-7H,(H,16,17)(H,18,19). The smallest absolute Gasteiger partial charge is 0.337 e. The number of aromatic carboxylic acids is 2. The van der Waals surface area contributed by atoms with E-state index in [2.05, 4.69) is 0 Å². The second kappa shape index (κ2) is 6.36. The summed E-state index contributed by atoms with van der Waals surface area (Å²) in [7, 11) is -2.12. The molecule has 23 heavy (non-hydrogen) atoms. The first-order chi connectivity index (χ1) is 10.8. The van der Waals surface area contributed by atoms with Crippen LogP contribution in [0.4, 0.5) is 5.69 Å². The number of carboxylic acids is 2. The van der Waals surface area contributed by atoms with Crippen molar-refractivity contribution < 1.29 is 28.9 Å². The quantitative estimate of drug-likeness (QED) is 0.631. The summed E-state index contributed by atoms with van der Waals surface area (Å²) in [5, 5.41) is 29.0. The van der Waals surface area contributed by atoms with Gasteiger partial charge in [-0.2, -0.15) is 0 Å². The van der Waals surface area contributed by atoms with Crippen molar-refractivity contribution in [2.75, 3.05) is 0 Å². The van der Waals surface area contributed by atoms with E-state index in [4.69, 9.17) is 5.11 Å². The number of carboxylic acid groups (broad SMARTS) is 2. The average Bonchev–Trinajstić information content (AvgIpc) is 2.53. The molecule has 1 atom stereocenters. The first-order valence-electron chi connectivity index (χ1n) is 6.08. The van der Waals surface area contributed by atoms with Crippen LogP contribution in [0.1, 0.15) is 20.7 Å². The van der Waals surface area contributed by atoms with Crippen molar-refractivity contribution in [1.82, 2.24) is 0 Å². The van der Waals surface area contributed by atoms with Crippen LogP contribution < -0.4 is 0 Å². The van der Waals surface area contributed by atoms with Crippen LogP contribution in [0, 0.1) is 10.1 Å². The third kappa shape index (κ3) is 3.24. The van der Waals surface area contributed by atoms with E-state index in [1.54, 1.807) is 0 Å². The van der Waals surface area contributed by atoms with Crippen LogP contribution in [-0.4, -0.2) is 31.3 Å². The summed E-state index contributed by atoms with van der Waals surface area (Å²) < 4.78 is 12.6. The van der Waals surface area contributed by atoms with Gasteiger partial charge >= 0.3 is 11.9 Å². The average molecular weight is 335 g/mol. The third-order valence-electron chi connectivity index (χ3n) is 2.92. The van der Waals surface area contributed by atoms with E-state index >= 15 is 0 Å². The first-order valence-corrected chi connectivity index (χ1v) is 7.23. The van der Waals surface area contributed by atoms with Gasteiger partial charge in [0.25, 0.3) is 5.69 Å². The van der Waals surface area contributed by atoms with Gasteiger partial charge < -0.3 is 10.2 Å². The van der Waals surface area contributed by atoms with E-state index in [9.17, 15) is 29.0 Å². The number of hydrogen-bond donors (Lipinski definition) is 2. The molecule has 0 aliphatic heterocycles. The van der Waals surface area contributed by atoms with Gasteiger partial charge in [-0.1, -0.05) is 12.1 Å². The highest BCUT2D eigenvalue weighted by atomic mass is 32.2. The molecule has 0 amide bonds. The summed E-state index contributed by atoms with van der Waals surface area (Å²) in [6, 6.07) is 8.30. The van der Waals surface area contributed by atoms with Crippen LogP contribution in [0.5, 0.6) is 0 Å². The summed E-state index contributed by atoms with van der Waals surface area (Å²) >= 11 is 0. The molecule has 2 aromatic rings. The number of non-ortho nitro benzene ring substituents is 1. The Balaban J connectivity index is 2.63. The minimum Gasteiger partial charge on any atom is -0.478 e. The molecule has 0 aliphatic carbocycles. The molecule has 0 heterocycles. The Morgan fingerprint density at radius 3 is 2.09 bits per heavy atom. The Hall–Kier alpha value is -3.07. The highest BCUT2D eigenvalue weighted by Gasteiger charge is 2.23. The molecule has 0 saturated heterocycles. The first kappa shape index (κ1) is 16.3. The number of benzene rings is 2. The lowest BCUT2D eigenvalue weighted by atomic mass is 10.2. The van der Waals surface area contributed by atoms with Crippen LogP contribution in [-0.2, 0) is 10.8 Å². The van der Waals surface area contributed by atoms with Crippen molar-refractivity contribution in [2.45, 2.75) is 9.79 Å². The Morgan fingerprint density at radius 2 is 1.52 bits per heavy atom. The lowest BCUT2D eigenvalue weighted by molar-refractivity contribution is -0.384. The zero-order valence-corrected chi connectivity index (χ0v) is 12.1. The SMILES string of the molecule is O=C(O)c1ccccc1S(=O)c1ccc([N+](=O)[O-])cc1C(=O)O. The fourth-order valence-electron chi connectivity index (χ4n) is 1.88. The summed E-state index contributed by atoms with van der Waals surface area (Å²) in [5.41, 5.74) is -1.21. The van der Waals surface area contributed by atoms with E-state index in [1.807, 2.05) is 0 Å². The Labute approximate surface area is 131 Å². The Kier molecular flexibility index (Phi) is 4.51.